The zero-order valence-electron chi connectivity index (χ0n) is 12.7. The van der Waals surface area contributed by atoms with Gasteiger partial charge in [-0.3, -0.25) is 9.69 Å². The predicted molar refractivity (Wildman–Crippen MR) is 93.2 cm³/mol. The van der Waals surface area contributed by atoms with Gasteiger partial charge in [-0.15, -0.1) is 11.3 Å². The molecule has 0 unspecified atom stereocenters. The third-order valence-corrected chi connectivity index (χ3v) is 5.11. The number of rotatable bonds is 5. The second-order valence-corrected chi connectivity index (χ2v) is 6.82. The summed E-state index contributed by atoms with van der Waals surface area (Å²) in [6.45, 7) is 3.82. The van der Waals surface area contributed by atoms with Crippen LogP contribution in [0, 0.1) is 0 Å². The average molecular weight is 351 g/mol. The van der Waals surface area contributed by atoms with Gasteiger partial charge < -0.3 is 10.1 Å². The van der Waals surface area contributed by atoms with Crippen molar-refractivity contribution in [2.24, 2.45) is 0 Å². The molecule has 1 aliphatic rings. The molecule has 0 aliphatic carbocycles. The minimum Gasteiger partial charge on any atom is -0.379 e. The molecule has 1 aromatic carbocycles. The Bertz CT molecular complexity index is 642. The molecule has 0 spiro atoms. The highest BCUT2D eigenvalue weighted by atomic mass is 35.5. The summed E-state index contributed by atoms with van der Waals surface area (Å²) < 4.78 is 5.44. The molecule has 4 nitrogen and oxygen atoms in total. The van der Waals surface area contributed by atoms with Crippen LogP contribution in [0.4, 0.5) is 0 Å². The molecule has 1 aromatic heterocycles. The highest BCUT2D eigenvalue weighted by molar-refractivity contribution is 7.10. The second-order valence-electron chi connectivity index (χ2n) is 5.40. The summed E-state index contributed by atoms with van der Waals surface area (Å²) in [7, 11) is 0. The summed E-state index contributed by atoms with van der Waals surface area (Å²) in [6, 6.07) is 11.4. The molecule has 3 rings (SSSR count). The van der Waals surface area contributed by atoms with Gasteiger partial charge in [-0.2, -0.15) is 0 Å². The number of benzene rings is 1. The summed E-state index contributed by atoms with van der Waals surface area (Å²) in [4.78, 5) is 16.0. The first kappa shape index (κ1) is 16.5. The highest BCUT2D eigenvalue weighted by Gasteiger charge is 2.24. The molecule has 1 amide bonds. The molecule has 1 fully saturated rings. The van der Waals surface area contributed by atoms with E-state index in [1.807, 2.05) is 6.07 Å². The first-order valence-corrected chi connectivity index (χ1v) is 8.89. The van der Waals surface area contributed by atoms with Crippen LogP contribution < -0.4 is 5.32 Å². The Morgan fingerprint density at radius 3 is 2.83 bits per heavy atom. The number of nitrogens with zero attached hydrogens (tertiary/aromatic N) is 1. The molecule has 0 saturated carbocycles. The van der Waals surface area contributed by atoms with E-state index in [0.29, 0.717) is 17.1 Å². The number of halogens is 1. The van der Waals surface area contributed by atoms with Gasteiger partial charge in [0.05, 0.1) is 19.3 Å². The van der Waals surface area contributed by atoms with E-state index >= 15 is 0 Å². The first-order valence-electron chi connectivity index (χ1n) is 7.63. The summed E-state index contributed by atoms with van der Waals surface area (Å²) in [5.74, 6) is -0.0951. The molecule has 0 radical (unpaired) electrons. The maximum atomic E-state index is 12.3. The Balaban J connectivity index is 1.67. The Morgan fingerprint density at radius 2 is 2.13 bits per heavy atom. The van der Waals surface area contributed by atoms with E-state index in [-0.39, 0.29) is 11.9 Å². The Kier molecular flexibility index (Phi) is 5.67. The van der Waals surface area contributed by atoms with Crippen LogP contribution in [0.15, 0.2) is 41.8 Å². The largest absolute Gasteiger partial charge is 0.379 e. The lowest BCUT2D eigenvalue weighted by Crippen LogP contribution is -2.43. The zero-order valence-corrected chi connectivity index (χ0v) is 14.3. The molecule has 1 N–H and O–H groups in total. The van der Waals surface area contributed by atoms with Gasteiger partial charge in [-0.05, 0) is 29.6 Å². The Labute approximate surface area is 145 Å². The molecule has 2 heterocycles. The molecule has 1 saturated heterocycles. The number of morpholine rings is 1. The van der Waals surface area contributed by atoms with E-state index < -0.39 is 0 Å². The molecule has 23 heavy (non-hydrogen) atoms. The number of amides is 1. The van der Waals surface area contributed by atoms with Crippen molar-refractivity contribution in [1.29, 1.82) is 0 Å². The number of carbonyl (C=O) groups is 1. The van der Waals surface area contributed by atoms with Gasteiger partial charge in [0.15, 0.2) is 0 Å². The van der Waals surface area contributed by atoms with Crippen LogP contribution >= 0.6 is 22.9 Å². The molecular weight excluding hydrogens is 332 g/mol. The van der Waals surface area contributed by atoms with Crippen LogP contribution in [0.1, 0.15) is 21.3 Å². The van der Waals surface area contributed by atoms with Gasteiger partial charge in [-0.25, -0.2) is 0 Å². The van der Waals surface area contributed by atoms with Crippen LogP contribution in [-0.2, 0) is 4.74 Å². The van der Waals surface area contributed by atoms with Crippen molar-refractivity contribution in [1.82, 2.24) is 10.2 Å². The molecule has 0 bridgehead atoms. The van der Waals surface area contributed by atoms with Crippen LogP contribution in [0.25, 0.3) is 0 Å². The number of nitrogens with one attached hydrogen (secondary N) is 1. The number of hydrogen-bond donors (Lipinski definition) is 1. The minimum absolute atomic E-state index is 0.0951. The van der Waals surface area contributed by atoms with Crippen molar-refractivity contribution in [2.75, 3.05) is 32.8 Å². The number of carbonyl (C=O) groups excluding carboxylic acids is 1. The molecule has 1 aliphatic heterocycles. The minimum atomic E-state index is -0.0951. The molecule has 2 aromatic rings. The summed E-state index contributed by atoms with van der Waals surface area (Å²) in [5.41, 5.74) is 0.587. The van der Waals surface area contributed by atoms with Crippen molar-refractivity contribution in [3.63, 3.8) is 0 Å². The lowest BCUT2D eigenvalue weighted by Gasteiger charge is -2.34. The fraction of sp³-hybridized carbons (Fsp3) is 0.353. The van der Waals surface area contributed by atoms with E-state index in [4.69, 9.17) is 16.3 Å². The average Bonchev–Trinajstić information content (AvgIpc) is 3.10. The van der Waals surface area contributed by atoms with E-state index in [1.165, 1.54) is 4.88 Å². The SMILES string of the molecule is O=C(NC[C@H](c1cccs1)N1CCOCC1)c1cccc(Cl)c1. The third kappa shape index (κ3) is 4.32. The summed E-state index contributed by atoms with van der Waals surface area (Å²) >= 11 is 7.67. The molecule has 6 heteroatoms. The van der Waals surface area contributed by atoms with Gasteiger partial charge >= 0.3 is 0 Å². The summed E-state index contributed by atoms with van der Waals surface area (Å²) in [6.07, 6.45) is 0. The normalized spacial score (nSPS) is 16.9. The first-order chi connectivity index (χ1) is 11.2. The van der Waals surface area contributed by atoms with E-state index in [0.717, 1.165) is 26.3 Å². The fourth-order valence-electron chi connectivity index (χ4n) is 2.70. The van der Waals surface area contributed by atoms with E-state index in [2.05, 4.69) is 21.7 Å². The fourth-order valence-corrected chi connectivity index (χ4v) is 3.75. The third-order valence-electron chi connectivity index (χ3n) is 3.90. The standard InChI is InChI=1S/C17H19ClN2O2S/c18-14-4-1-3-13(11-14)17(21)19-12-15(16-5-2-10-23-16)20-6-8-22-9-7-20/h1-5,10-11,15H,6-9,12H2,(H,19,21)/t15-/m1/s1. The highest BCUT2D eigenvalue weighted by Crippen LogP contribution is 2.25. The van der Waals surface area contributed by atoms with Crippen LogP contribution in [0.2, 0.25) is 5.02 Å². The molecule has 1 atom stereocenters. The van der Waals surface area contributed by atoms with Gasteiger partial charge in [0.25, 0.3) is 5.91 Å². The van der Waals surface area contributed by atoms with Crippen LogP contribution in [0.3, 0.4) is 0 Å². The number of hydrogen-bond acceptors (Lipinski definition) is 4. The van der Waals surface area contributed by atoms with Crippen molar-refractivity contribution in [3.05, 3.63) is 57.2 Å². The van der Waals surface area contributed by atoms with Gasteiger partial charge in [0.1, 0.15) is 0 Å². The van der Waals surface area contributed by atoms with Crippen molar-refractivity contribution >= 4 is 28.8 Å². The Morgan fingerprint density at radius 1 is 1.30 bits per heavy atom. The van der Waals surface area contributed by atoms with Crippen molar-refractivity contribution < 1.29 is 9.53 Å². The Hall–Kier alpha value is -1.40. The maximum absolute atomic E-state index is 12.3. The van der Waals surface area contributed by atoms with Gasteiger partial charge in [0.2, 0.25) is 0 Å². The van der Waals surface area contributed by atoms with Crippen LogP contribution in [0.5, 0.6) is 0 Å². The van der Waals surface area contributed by atoms with Gasteiger partial charge in [-0.1, -0.05) is 23.7 Å². The summed E-state index contributed by atoms with van der Waals surface area (Å²) in [5, 5.41) is 5.68. The van der Waals surface area contributed by atoms with Crippen molar-refractivity contribution in [3.8, 4) is 0 Å². The lowest BCUT2D eigenvalue weighted by molar-refractivity contribution is 0.0169. The topological polar surface area (TPSA) is 41.6 Å². The molecule has 122 valence electrons. The number of thiophene rings is 1. The smallest absolute Gasteiger partial charge is 0.251 e. The maximum Gasteiger partial charge on any atom is 0.251 e. The predicted octanol–water partition coefficient (Wildman–Crippen LogP) is 3.20. The quantitative estimate of drug-likeness (QED) is 0.900. The van der Waals surface area contributed by atoms with E-state index in [1.54, 1.807) is 35.6 Å². The monoisotopic (exact) mass is 350 g/mol. The van der Waals surface area contributed by atoms with E-state index in [9.17, 15) is 4.79 Å². The lowest BCUT2D eigenvalue weighted by atomic mass is 10.1. The van der Waals surface area contributed by atoms with Crippen molar-refractivity contribution in [2.45, 2.75) is 6.04 Å². The van der Waals surface area contributed by atoms with Gasteiger partial charge in [0, 0.05) is 35.1 Å². The van der Waals surface area contributed by atoms with Crippen LogP contribution in [-0.4, -0.2) is 43.7 Å². The zero-order chi connectivity index (χ0) is 16.1. The number of ether oxygens (including phenoxy) is 1. The second kappa shape index (κ2) is 7.93. The molecular formula is C17H19ClN2O2S.